The molecule has 1 unspecified atom stereocenters. The Hall–Kier alpha value is -0.230. The zero-order chi connectivity index (χ0) is 9.80. The second-order valence-electron chi connectivity index (χ2n) is 3.10. The molecule has 0 saturated heterocycles. The Labute approximate surface area is 102 Å². The number of rotatable bonds is 2. The SMILES string of the molecule is ICC1C[NH+]=C(Nc2ccccc2)S1. The average Bonchev–Trinajstić information content (AvgIpc) is 2.67. The summed E-state index contributed by atoms with van der Waals surface area (Å²) in [5.41, 5.74) is 1.15. The first-order chi connectivity index (χ1) is 6.88. The molecule has 1 aliphatic rings. The van der Waals surface area contributed by atoms with E-state index >= 15 is 0 Å². The number of para-hydroxylation sites is 1. The molecule has 0 bridgehead atoms. The average molecular weight is 319 g/mol. The molecule has 0 fully saturated rings. The van der Waals surface area contributed by atoms with Crippen LogP contribution in [-0.2, 0) is 0 Å². The molecule has 4 heteroatoms. The van der Waals surface area contributed by atoms with Gasteiger partial charge in [-0.3, -0.25) is 4.99 Å². The Kier molecular flexibility index (Phi) is 3.69. The summed E-state index contributed by atoms with van der Waals surface area (Å²) in [7, 11) is 0. The molecule has 1 aromatic carbocycles. The fourth-order valence-electron chi connectivity index (χ4n) is 1.27. The van der Waals surface area contributed by atoms with Gasteiger partial charge in [-0.1, -0.05) is 40.8 Å². The number of nitrogens with one attached hydrogen (secondary N) is 2. The second-order valence-corrected chi connectivity index (χ2v) is 5.29. The van der Waals surface area contributed by atoms with Gasteiger partial charge in [-0.2, -0.15) is 0 Å². The van der Waals surface area contributed by atoms with E-state index in [1.54, 1.807) is 0 Å². The van der Waals surface area contributed by atoms with Gasteiger partial charge in [0.1, 0.15) is 5.69 Å². The maximum Gasteiger partial charge on any atom is 0.309 e. The molecule has 74 valence electrons. The van der Waals surface area contributed by atoms with Crippen LogP contribution in [0.1, 0.15) is 0 Å². The molecule has 2 N–H and O–H groups in total. The minimum Gasteiger partial charge on any atom is -0.267 e. The van der Waals surface area contributed by atoms with Crippen LogP contribution in [0.25, 0.3) is 0 Å². The van der Waals surface area contributed by atoms with Crippen LogP contribution in [0.3, 0.4) is 0 Å². The van der Waals surface area contributed by atoms with Gasteiger partial charge in [-0.25, -0.2) is 5.32 Å². The number of hydrogen-bond acceptors (Lipinski definition) is 2. The molecular weight excluding hydrogens is 307 g/mol. The highest BCUT2D eigenvalue weighted by Gasteiger charge is 2.23. The zero-order valence-corrected chi connectivity index (χ0v) is 10.6. The molecule has 14 heavy (non-hydrogen) atoms. The van der Waals surface area contributed by atoms with Gasteiger partial charge in [-0.05, 0) is 23.9 Å². The minimum atomic E-state index is 0.710. The van der Waals surface area contributed by atoms with Gasteiger partial charge >= 0.3 is 5.17 Å². The molecule has 0 spiro atoms. The summed E-state index contributed by atoms with van der Waals surface area (Å²) in [6.45, 7) is 1.07. The Morgan fingerprint density at radius 1 is 1.43 bits per heavy atom. The number of anilines is 1. The van der Waals surface area contributed by atoms with Crippen molar-refractivity contribution in [3.63, 3.8) is 0 Å². The fraction of sp³-hybridized carbons (Fsp3) is 0.300. The Balaban J connectivity index is 1.94. The molecule has 0 amide bonds. The normalized spacial score (nSPS) is 20.6. The van der Waals surface area contributed by atoms with Gasteiger partial charge in [0.25, 0.3) is 0 Å². The van der Waals surface area contributed by atoms with Gasteiger partial charge < -0.3 is 0 Å². The van der Waals surface area contributed by atoms with E-state index in [0.29, 0.717) is 5.25 Å². The number of thioether (sulfide) groups is 1. The maximum atomic E-state index is 3.37. The van der Waals surface area contributed by atoms with Gasteiger partial charge in [0, 0.05) is 4.43 Å². The number of halogens is 1. The van der Waals surface area contributed by atoms with Crippen LogP contribution < -0.4 is 10.3 Å². The molecule has 1 heterocycles. The van der Waals surface area contributed by atoms with Crippen molar-refractivity contribution in [3.8, 4) is 0 Å². The summed E-state index contributed by atoms with van der Waals surface area (Å²) in [4.78, 5) is 3.37. The summed E-state index contributed by atoms with van der Waals surface area (Å²) < 4.78 is 1.19. The van der Waals surface area contributed by atoms with Crippen LogP contribution in [0.4, 0.5) is 5.69 Å². The lowest BCUT2D eigenvalue weighted by atomic mass is 10.3. The minimum absolute atomic E-state index is 0.710. The van der Waals surface area contributed by atoms with Gasteiger partial charge in [0.15, 0.2) is 0 Å². The van der Waals surface area contributed by atoms with Gasteiger partial charge in [0.05, 0.1) is 11.8 Å². The van der Waals surface area contributed by atoms with Crippen LogP contribution in [0.2, 0.25) is 0 Å². The highest BCUT2D eigenvalue weighted by molar-refractivity contribution is 14.1. The lowest BCUT2D eigenvalue weighted by Gasteiger charge is -1.99. The van der Waals surface area contributed by atoms with Crippen molar-refractivity contribution < 1.29 is 4.99 Å². The van der Waals surface area contributed by atoms with E-state index in [1.165, 1.54) is 9.60 Å². The monoisotopic (exact) mass is 319 g/mol. The van der Waals surface area contributed by atoms with E-state index in [2.05, 4.69) is 45.0 Å². The van der Waals surface area contributed by atoms with Crippen LogP contribution in [-0.4, -0.2) is 21.4 Å². The summed E-state index contributed by atoms with van der Waals surface area (Å²) >= 11 is 4.32. The molecule has 1 aliphatic heterocycles. The maximum absolute atomic E-state index is 3.37. The van der Waals surface area contributed by atoms with E-state index in [9.17, 15) is 0 Å². The van der Waals surface area contributed by atoms with Crippen molar-refractivity contribution in [1.29, 1.82) is 0 Å². The number of alkyl halides is 1. The van der Waals surface area contributed by atoms with Crippen molar-refractivity contribution in [2.75, 3.05) is 16.3 Å². The Bertz CT molecular complexity index is 326. The molecule has 2 nitrogen and oxygen atoms in total. The third-order valence-electron chi connectivity index (χ3n) is 1.98. The fourth-order valence-corrected chi connectivity index (χ4v) is 3.03. The number of hydrogen-bond donors (Lipinski definition) is 2. The highest BCUT2D eigenvalue weighted by Crippen LogP contribution is 2.16. The summed E-state index contributed by atoms with van der Waals surface area (Å²) in [6, 6.07) is 10.3. The molecule has 1 aromatic rings. The van der Waals surface area contributed by atoms with Crippen molar-refractivity contribution in [2.24, 2.45) is 0 Å². The summed E-state index contributed by atoms with van der Waals surface area (Å²) in [6.07, 6.45) is 0. The lowest BCUT2D eigenvalue weighted by Crippen LogP contribution is -2.72. The predicted octanol–water partition coefficient (Wildman–Crippen LogP) is 1.09. The molecule has 0 aromatic heterocycles. The number of amidine groups is 1. The molecule has 0 aliphatic carbocycles. The van der Waals surface area contributed by atoms with Crippen LogP contribution in [0.5, 0.6) is 0 Å². The quantitative estimate of drug-likeness (QED) is 0.630. The highest BCUT2D eigenvalue weighted by atomic mass is 127. The van der Waals surface area contributed by atoms with E-state index in [4.69, 9.17) is 0 Å². The molecule has 0 saturated carbocycles. The first-order valence-corrected chi connectivity index (χ1v) is 6.94. The first kappa shape index (κ1) is 10.3. The van der Waals surface area contributed by atoms with E-state index in [1.807, 2.05) is 30.0 Å². The second kappa shape index (κ2) is 5.02. The van der Waals surface area contributed by atoms with E-state index in [-0.39, 0.29) is 0 Å². The summed E-state index contributed by atoms with van der Waals surface area (Å²) in [5, 5.41) is 5.26. The molecule has 2 rings (SSSR count). The Morgan fingerprint density at radius 3 is 2.86 bits per heavy atom. The lowest BCUT2D eigenvalue weighted by molar-refractivity contribution is -0.448. The van der Waals surface area contributed by atoms with Crippen LogP contribution >= 0.6 is 34.4 Å². The van der Waals surface area contributed by atoms with Crippen molar-refractivity contribution in [1.82, 2.24) is 0 Å². The third kappa shape index (κ3) is 2.63. The molecule has 1 atom stereocenters. The van der Waals surface area contributed by atoms with Gasteiger partial charge in [0.2, 0.25) is 0 Å². The number of benzene rings is 1. The van der Waals surface area contributed by atoms with Gasteiger partial charge in [-0.15, -0.1) is 0 Å². The largest absolute Gasteiger partial charge is 0.309 e. The summed E-state index contributed by atoms with van der Waals surface area (Å²) in [5.74, 6) is 0. The predicted molar refractivity (Wildman–Crippen MR) is 71.2 cm³/mol. The van der Waals surface area contributed by atoms with Crippen LogP contribution in [0, 0.1) is 0 Å². The van der Waals surface area contributed by atoms with Crippen molar-refractivity contribution in [3.05, 3.63) is 30.3 Å². The standard InChI is InChI=1S/C10H11IN2S/c11-6-9-7-12-10(14-9)13-8-4-2-1-3-5-8/h1-5,9H,6-7H2,(H,12,13)/p+1. The van der Waals surface area contributed by atoms with E-state index in [0.717, 1.165) is 12.2 Å². The van der Waals surface area contributed by atoms with E-state index < -0.39 is 0 Å². The smallest absolute Gasteiger partial charge is 0.267 e. The van der Waals surface area contributed by atoms with Crippen molar-refractivity contribution in [2.45, 2.75) is 5.25 Å². The topological polar surface area (TPSA) is 26.0 Å². The molecule has 0 radical (unpaired) electrons. The molecular formula is C10H12IN2S+. The third-order valence-corrected chi connectivity index (χ3v) is 4.79. The zero-order valence-electron chi connectivity index (χ0n) is 7.66. The first-order valence-electron chi connectivity index (χ1n) is 4.54. The van der Waals surface area contributed by atoms with Crippen LogP contribution in [0.15, 0.2) is 30.3 Å². The van der Waals surface area contributed by atoms with Crippen molar-refractivity contribution >= 4 is 45.2 Å². The Morgan fingerprint density at radius 2 is 2.21 bits per heavy atom.